The van der Waals surface area contributed by atoms with Crippen molar-refractivity contribution in [3.8, 4) is 11.5 Å². The van der Waals surface area contributed by atoms with E-state index in [-0.39, 0.29) is 55.1 Å². The van der Waals surface area contributed by atoms with Crippen molar-refractivity contribution in [1.82, 2.24) is 5.32 Å². The second kappa shape index (κ2) is 12.0. The van der Waals surface area contributed by atoms with Crippen molar-refractivity contribution in [2.45, 2.75) is 64.1 Å². The van der Waals surface area contributed by atoms with Crippen LogP contribution in [0, 0.1) is 0 Å². The number of ether oxygens (including phenoxy) is 3. The second-order valence-corrected chi connectivity index (χ2v) is 12.1. The van der Waals surface area contributed by atoms with Crippen LogP contribution < -0.4 is 30.3 Å². The molecule has 6 rings (SSSR count). The fourth-order valence-electron chi connectivity index (χ4n) is 5.38. The number of hydrogen-bond acceptors (Lipinski definition) is 9. The number of nitrogens with two attached hydrogens (primary N) is 1. The first kappa shape index (κ1) is 30.0. The Hall–Kier alpha value is -4.45. The first-order valence-corrected chi connectivity index (χ1v) is 14.3. The Morgan fingerprint density at radius 1 is 0.837 bits per heavy atom. The number of Topliss-reactive ketones (excluding diaryl/α,β-unsaturated/α-hetero) is 2. The summed E-state index contributed by atoms with van der Waals surface area (Å²) in [6, 6.07) is 10.5. The van der Waals surface area contributed by atoms with Crippen molar-refractivity contribution < 1.29 is 38.2 Å². The Balaban J connectivity index is 0.000000180. The maximum atomic E-state index is 12.3. The molecule has 0 radical (unpaired) electrons. The topological polar surface area (TPSA) is 158 Å². The molecule has 228 valence electrons. The van der Waals surface area contributed by atoms with Crippen molar-refractivity contribution in [2.75, 3.05) is 36.1 Å². The number of carbonyl (C=O) groups excluding carboxylic acids is 5. The van der Waals surface area contributed by atoms with Gasteiger partial charge in [0.1, 0.15) is 30.3 Å². The van der Waals surface area contributed by atoms with E-state index < -0.39 is 11.7 Å². The summed E-state index contributed by atoms with van der Waals surface area (Å²) in [6.07, 6.45) is 0.747. The zero-order valence-electron chi connectivity index (χ0n) is 24.5. The number of rotatable bonds is 3. The van der Waals surface area contributed by atoms with Gasteiger partial charge >= 0.3 is 6.09 Å². The number of amides is 3. The molecule has 12 heteroatoms. The average Bonchev–Trinajstić information content (AvgIpc) is 3.46. The molecule has 3 N–H and O–H groups in total. The molecule has 2 saturated heterocycles. The first-order chi connectivity index (χ1) is 20.3. The maximum absolute atomic E-state index is 12.3. The normalized spacial score (nSPS) is 21.3. The minimum Gasteiger partial charge on any atom is -0.486 e. The van der Waals surface area contributed by atoms with Gasteiger partial charge in [-0.25, -0.2) is 4.79 Å². The fraction of sp³-hybridized carbons (Fsp3) is 0.452. The standard InChI is InChI=1S/C18H22N2O5.C13H14N2O3/c1-18(2,3)25-17(23)19-12-8-16(22)20(9-12)13-4-5-15-11(6-13)7-14(21)10-24-15;14-9-5-13(17)15(6-9)10-1-2-12-8(3-10)4-11(16)7-18-12/h4-6,12H,7-10H2,1-3H3,(H,19,23);1-3,9H,4-7,14H2. The Morgan fingerprint density at radius 3 is 1.84 bits per heavy atom. The van der Waals surface area contributed by atoms with Crippen LogP contribution in [0.15, 0.2) is 36.4 Å². The average molecular weight is 593 g/mol. The van der Waals surface area contributed by atoms with Crippen molar-refractivity contribution in [3.63, 3.8) is 0 Å². The summed E-state index contributed by atoms with van der Waals surface area (Å²) in [5.41, 5.74) is 8.31. The molecular formula is C31H36N4O8. The predicted molar refractivity (Wildman–Crippen MR) is 156 cm³/mol. The van der Waals surface area contributed by atoms with Crippen LogP contribution in [0.5, 0.6) is 11.5 Å². The molecule has 3 amide bonds. The number of fused-ring (bicyclic) bond motifs is 2. The molecule has 4 heterocycles. The van der Waals surface area contributed by atoms with Crippen molar-refractivity contribution in [1.29, 1.82) is 0 Å². The van der Waals surface area contributed by atoms with E-state index in [9.17, 15) is 24.0 Å². The lowest BCUT2D eigenvalue weighted by atomic mass is 10.0. The number of hydrogen-bond donors (Lipinski definition) is 2. The third kappa shape index (κ3) is 7.31. The van der Waals surface area contributed by atoms with Gasteiger partial charge in [-0.05, 0) is 57.2 Å². The summed E-state index contributed by atoms with van der Waals surface area (Å²) in [5, 5.41) is 2.73. The van der Waals surface area contributed by atoms with Gasteiger partial charge in [0.25, 0.3) is 0 Å². The van der Waals surface area contributed by atoms with Gasteiger partial charge in [0.2, 0.25) is 11.8 Å². The molecular weight excluding hydrogens is 556 g/mol. The molecule has 4 aliphatic rings. The quantitative estimate of drug-likeness (QED) is 0.544. The van der Waals surface area contributed by atoms with E-state index in [0.717, 1.165) is 22.6 Å². The molecule has 43 heavy (non-hydrogen) atoms. The van der Waals surface area contributed by atoms with Crippen LogP contribution in [0.1, 0.15) is 44.7 Å². The molecule has 0 bridgehead atoms. The zero-order valence-corrected chi connectivity index (χ0v) is 24.5. The minimum atomic E-state index is -0.586. The summed E-state index contributed by atoms with van der Waals surface area (Å²) in [7, 11) is 0. The summed E-state index contributed by atoms with van der Waals surface area (Å²) in [6.45, 7) is 6.49. The van der Waals surface area contributed by atoms with Gasteiger partial charge in [-0.15, -0.1) is 0 Å². The Bertz CT molecular complexity index is 1470. The molecule has 2 aromatic carbocycles. The van der Waals surface area contributed by atoms with Crippen LogP contribution in [0.2, 0.25) is 0 Å². The molecule has 0 aromatic heterocycles. The van der Waals surface area contributed by atoms with E-state index in [1.807, 2.05) is 18.2 Å². The number of benzene rings is 2. The highest BCUT2D eigenvalue weighted by Crippen LogP contribution is 2.31. The minimum absolute atomic E-state index is 0.0156. The van der Waals surface area contributed by atoms with E-state index in [1.165, 1.54) is 0 Å². The maximum Gasteiger partial charge on any atom is 0.407 e. The largest absolute Gasteiger partial charge is 0.486 e. The van der Waals surface area contributed by atoms with Gasteiger partial charge in [-0.3, -0.25) is 19.2 Å². The smallest absolute Gasteiger partial charge is 0.407 e. The molecule has 2 fully saturated rings. The molecule has 4 aliphatic heterocycles. The van der Waals surface area contributed by atoms with Gasteiger partial charge in [0, 0.05) is 67.3 Å². The summed E-state index contributed by atoms with van der Waals surface area (Å²) in [4.78, 5) is 62.1. The number of carbonyl (C=O) groups is 5. The number of ketones is 2. The predicted octanol–water partition coefficient (Wildman–Crippen LogP) is 2.08. The lowest BCUT2D eigenvalue weighted by Gasteiger charge is -2.23. The first-order valence-electron chi connectivity index (χ1n) is 14.3. The summed E-state index contributed by atoms with van der Waals surface area (Å²) >= 11 is 0. The molecule has 12 nitrogen and oxygen atoms in total. The summed E-state index contributed by atoms with van der Waals surface area (Å²) < 4.78 is 15.9. The van der Waals surface area contributed by atoms with E-state index in [2.05, 4.69) is 5.32 Å². The van der Waals surface area contributed by atoms with Crippen LogP contribution in [-0.2, 0) is 36.8 Å². The number of nitrogens with zero attached hydrogens (tertiary/aromatic N) is 2. The SMILES string of the molecule is CC(C)(C)OC(=O)NC1CC(=O)N(c2ccc3c(c2)CC(=O)CO3)C1.NC1CC(=O)N(c2ccc3c(c2)CC(=O)CO3)C1. The zero-order chi connectivity index (χ0) is 30.9. The van der Waals surface area contributed by atoms with E-state index >= 15 is 0 Å². The molecule has 0 saturated carbocycles. The lowest BCUT2D eigenvalue weighted by molar-refractivity contribution is -0.122. The van der Waals surface area contributed by atoms with Crippen LogP contribution in [0.25, 0.3) is 0 Å². The second-order valence-electron chi connectivity index (χ2n) is 12.1. The molecule has 2 atom stereocenters. The van der Waals surface area contributed by atoms with E-state index in [4.69, 9.17) is 19.9 Å². The van der Waals surface area contributed by atoms with Crippen LogP contribution >= 0.6 is 0 Å². The molecule has 2 unspecified atom stereocenters. The van der Waals surface area contributed by atoms with Gasteiger partial charge in [0.15, 0.2) is 11.6 Å². The number of alkyl carbamates (subject to hydrolysis) is 1. The van der Waals surface area contributed by atoms with Crippen LogP contribution in [-0.4, -0.2) is 73.5 Å². The van der Waals surface area contributed by atoms with Crippen molar-refractivity contribution in [2.24, 2.45) is 5.73 Å². The summed E-state index contributed by atoms with van der Waals surface area (Å²) in [5.74, 6) is 1.44. The highest BCUT2D eigenvalue weighted by Gasteiger charge is 2.33. The van der Waals surface area contributed by atoms with Gasteiger partial charge < -0.3 is 35.1 Å². The van der Waals surface area contributed by atoms with Gasteiger partial charge in [-0.1, -0.05) is 0 Å². The highest BCUT2D eigenvalue weighted by molar-refractivity contribution is 5.98. The van der Waals surface area contributed by atoms with Crippen LogP contribution in [0.3, 0.4) is 0 Å². The molecule has 2 aromatic rings. The van der Waals surface area contributed by atoms with E-state index in [1.54, 1.807) is 48.8 Å². The lowest BCUT2D eigenvalue weighted by Crippen LogP contribution is -2.40. The highest BCUT2D eigenvalue weighted by atomic mass is 16.6. The Kier molecular flexibility index (Phi) is 8.41. The van der Waals surface area contributed by atoms with Crippen LogP contribution in [0.4, 0.5) is 16.2 Å². The third-order valence-corrected chi connectivity index (χ3v) is 7.26. The van der Waals surface area contributed by atoms with Gasteiger partial charge in [0.05, 0.1) is 6.04 Å². The van der Waals surface area contributed by atoms with E-state index in [0.29, 0.717) is 43.8 Å². The third-order valence-electron chi connectivity index (χ3n) is 7.26. The van der Waals surface area contributed by atoms with Crippen molar-refractivity contribution in [3.05, 3.63) is 47.5 Å². The number of nitrogens with one attached hydrogen (secondary N) is 1. The fourth-order valence-corrected chi connectivity index (χ4v) is 5.38. The molecule has 0 spiro atoms. The Labute approximate surface area is 249 Å². The monoisotopic (exact) mass is 592 g/mol. The van der Waals surface area contributed by atoms with Crippen molar-refractivity contribution >= 4 is 40.8 Å². The molecule has 0 aliphatic carbocycles. The number of anilines is 2. The Morgan fingerprint density at radius 2 is 1.35 bits per heavy atom. The van der Waals surface area contributed by atoms with Gasteiger partial charge in [-0.2, -0.15) is 0 Å².